The largest absolute Gasteiger partial charge is 0.338 e. The Kier molecular flexibility index (Phi) is 4.71. The molecule has 0 aliphatic carbocycles. The zero-order valence-electron chi connectivity index (χ0n) is 8.53. The van der Waals surface area contributed by atoms with Gasteiger partial charge in [0.15, 0.2) is 0 Å². The molecule has 0 bridgehead atoms. The van der Waals surface area contributed by atoms with E-state index in [4.69, 9.17) is 0 Å². The van der Waals surface area contributed by atoms with Crippen LogP contribution in [0.5, 0.6) is 0 Å². The van der Waals surface area contributed by atoms with Crippen molar-refractivity contribution < 1.29 is 4.79 Å². The fourth-order valence-electron chi connectivity index (χ4n) is 0.668. The van der Waals surface area contributed by atoms with Gasteiger partial charge in [-0.3, -0.25) is 0 Å². The van der Waals surface area contributed by atoms with E-state index in [-0.39, 0.29) is 11.4 Å². The van der Waals surface area contributed by atoms with Crippen LogP contribution < -0.4 is 10.6 Å². The molecule has 0 aliphatic rings. The fourth-order valence-corrected chi connectivity index (χ4v) is 0.668. The summed E-state index contributed by atoms with van der Waals surface area (Å²) in [4.78, 5) is 11.0. The minimum absolute atomic E-state index is 0.0703. The monoisotopic (exact) mass is 172 g/mol. The molecule has 0 fully saturated rings. The van der Waals surface area contributed by atoms with Gasteiger partial charge in [-0.1, -0.05) is 20.8 Å². The SMILES string of the molecule is CCNC(=O)NCC(C)(C)CC. The third-order valence-corrected chi connectivity index (χ3v) is 2.02. The lowest BCUT2D eigenvalue weighted by Gasteiger charge is -2.22. The van der Waals surface area contributed by atoms with Gasteiger partial charge < -0.3 is 10.6 Å². The summed E-state index contributed by atoms with van der Waals surface area (Å²) in [5.74, 6) is 0. The average molecular weight is 172 g/mol. The van der Waals surface area contributed by atoms with E-state index in [2.05, 4.69) is 31.4 Å². The molecule has 2 amide bonds. The van der Waals surface area contributed by atoms with Crippen molar-refractivity contribution in [1.29, 1.82) is 0 Å². The topological polar surface area (TPSA) is 41.1 Å². The number of carbonyl (C=O) groups is 1. The highest BCUT2D eigenvalue weighted by molar-refractivity contribution is 5.73. The van der Waals surface area contributed by atoms with E-state index in [9.17, 15) is 4.79 Å². The number of nitrogens with one attached hydrogen (secondary N) is 2. The molecule has 0 unspecified atom stereocenters. The molecule has 0 aromatic carbocycles. The Balaban J connectivity index is 3.60. The highest BCUT2D eigenvalue weighted by Crippen LogP contribution is 2.17. The van der Waals surface area contributed by atoms with Crippen LogP contribution in [0.25, 0.3) is 0 Å². The van der Waals surface area contributed by atoms with Crippen molar-refractivity contribution >= 4 is 6.03 Å². The highest BCUT2D eigenvalue weighted by Gasteiger charge is 2.15. The highest BCUT2D eigenvalue weighted by atomic mass is 16.2. The molecule has 0 radical (unpaired) electrons. The Morgan fingerprint density at radius 1 is 1.25 bits per heavy atom. The number of hydrogen-bond donors (Lipinski definition) is 2. The molecule has 0 aromatic heterocycles. The minimum atomic E-state index is -0.0703. The van der Waals surface area contributed by atoms with Crippen LogP contribution >= 0.6 is 0 Å². The van der Waals surface area contributed by atoms with Crippen LogP contribution in [0.15, 0.2) is 0 Å². The van der Waals surface area contributed by atoms with Gasteiger partial charge >= 0.3 is 6.03 Å². The molecule has 12 heavy (non-hydrogen) atoms. The van der Waals surface area contributed by atoms with Gasteiger partial charge in [0.2, 0.25) is 0 Å². The Morgan fingerprint density at radius 2 is 1.83 bits per heavy atom. The first-order valence-corrected chi connectivity index (χ1v) is 4.53. The second kappa shape index (κ2) is 5.01. The maximum atomic E-state index is 11.0. The van der Waals surface area contributed by atoms with Crippen LogP contribution in [-0.2, 0) is 0 Å². The Hall–Kier alpha value is -0.730. The lowest BCUT2D eigenvalue weighted by atomic mass is 9.90. The Bertz CT molecular complexity index is 143. The number of urea groups is 1. The summed E-state index contributed by atoms with van der Waals surface area (Å²) in [6.45, 7) is 9.72. The average Bonchev–Trinajstić information content (AvgIpc) is 2.02. The quantitative estimate of drug-likeness (QED) is 0.666. The molecule has 3 heteroatoms. The van der Waals surface area contributed by atoms with Gasteiger partial charge in [-0.05, 0) is 18.8 Å². The van der Waals surface area contributed by atoms with E-state index in [0.29, 0.717) is 6.54 Å². The van der Waals surface area contributed by atoms with Crippen molar-refractivity contribution in [1.82, 2.24) is 10.6 Å². The summed E-state index contributed by atoms with van der Waals surface area (Å²) in [6.07, 6.45) is 1.07. The summed E-state index contributed by atoms with van der Waals surface area (Å²) in [6, 6.07) is -0.0703. The van der Waals surface area contributed by atoms with Crippen molar-refractivity contribution in [3.63, 3.8) is 0 Å². The van der Waals surface area contributed by atoms with Crippen LogP contribution in [0, 0.1) is 5.41 Å². The first kappa shape index (κ1) is 11.3. The molecule has 72 valence electrons. The van der Waals surface area contributed by atoms with Gasteiger partial charge in [-0.25, -0.2) is 4.79 Å². The van der Waals surface area contributed by atoms with E-state index in [1.165, 1.54) is 0 Å². The van der Waals surface area contributed by atoms with E-state index in [1.807, 2.05) is 6.92 Å². The third kappa shape index (κ3) is 4.99. The zero-order valence-corrected chi connectivity index (χ0v) is 8.53. The van der Waals surface area contributed by atoms with Crippen LogP contribution in [0.1, 0.15) is 34.1 Å². The number of amides is 2. The van der Waals surface area contributed by atoms with Gasteiger partial charge in [0.05, 0.1) is 0 Å². The molecule has 0 aromatic rings. The molecule has 0 atom stereocenters. The number of carbonyl (C=O) groups excluding carboxylic acids is 1. The van der Waals surface area contributed by atoms with E-state index in [1.54, 1.807) is 0 Å². The van der Waals surface area contributed by atoms with Gasteiger partial charge in [0, 0.05) is 13.1 Å². The Morgan fingerprint density at radius 3 is 2.25 bits per heavy atom. The lowest BCUT2D eigenvalue weighted by molar-refractivity contribution is 0.233. The zero-order chi connectivity index (χ0) is 9.61. The molecule has 0 saturated carbocycles. The van der Waals surface area contributed by atoms with Gasteiger partial charge in [-0.15, -0.1) is 0 Å². The van der Waals surface area contributed by atoms with Crippen LogP contribution in [-0.4, -0.2) is 19.1 Å². The van der Waals surface area contributed by atoms with Crippen molar-refractivity contribution in [2.45, 2.75) is 34.1 Å². The van der Waals surface area contributed by atoms with Gasteiger partial charge in [0.1, 0.15) is 0 Å². The van der Waals surface area contributed by atoms with Crippen molar-refractivity contribution in [3.8, 4) is 0 Å². The van der Waals surface area contributed by atoms with Crippen LogP contribution in [0.2, 0.25) is 0 Å². The van der Waals surface area contributed by atoms with Crippen LogP contribution in [0.3, 0.4) is 0 Å². The molecule has 0 spiro atoms. The summed E-state index contributed by atoms with van der Waals surface area (Å²) < 4.78 is 0. The maximum absolute atomic E-state index is 11.0. The molecule has 3 nitrogen and oxygen atoms in total. The van der Waals surface area contributed by atoms with E-state index >= 15 is 0 Å². The molecule has 0 aliphatic heterocycles. The first-order valence-electron chi connectivity index (χ1n) is 4.53. The Labute approximate surface area is 74.9 Å². The fraction of sp³-hybridized carbons (Fsp3) is 0.889. The molecule has 0 saturated heterocycles. The normalized spacial score (nSPS) is 11.0. The van der Waals surface area contributed by atoms with Gasteiger partial charge in [-0.2, -0.15) is 0 Å². The van der Waals surface area contributed by atoms with Crippen molar-refractivity contribution in [3.05, 3.63) is 0 Å². The second-order valence-electron chi connectivity index (χ2n) is 3.73. The number of rotatable bonds is 4. The number of hydrogen-bond acceptors (Lipinski definition) is 1. The van der Waals surface area contributed by atoms with E-state index < -0.39 is 0 Å². The molecule has 0 heterocycles. The summed E-state index contributed by atoms with van der Waals surface area (Å²) in [5.41, 5.74) is 0.199. The second-order valence-corrected chi connectivity index (χ2v) is 3.73. The smallest absolute Gasteiger partial charge is 0.314 e. The summed E-state index contributed by atoms with van der Waals surface area (Å²) in [5, 5.41) is 5.52. The molecule has 0 rings (SSSR count). The maximum Gasteiger partial charge on any atom is 0.314 e. The predicted molar refractivity (Wildman–Crippen MR) is 51.1 cm³/mol. The van der Waals surface area contributed by atoms with Crippen molar-refractivity contribution in [2.75, 3.05) is 13.1 Å². The summed E-state index contributed by atoms with van der Waals surface area (Å²) in [7, 11) is 0. The summed E-state index contributed by atoms with van der Waals surface area (Å²) >= 11 is 0. The molecule has 2 N–H and O–H groups in total. The first-order chi connectivity index (χ1) is 5.52. The van der Waals surface area contributed by atoms with E-state index in [0.717, 1.165) is 13.0 Å². The third-order valence-electron chi connectivity index (χ3n) is 2.02. The standard InChI is InChI=1S/C9H20N2O/c1-5-9(3,4)7-11-8(12)10-6-2/h5-7H2,1-4H3,(H2,10,11,12). The van der Waals surface area contributed by atoms with Crippen LogP contribution in [0.4, 0.5) is 4.79 Å². The lowest BCUT2D eigenvalue weighted by Crippen LogP contribution is -2.40. The predicted octanol–water partition coefficient (Wildman–Crippen LogP) is 1.74. The minimum Gasteiger partial charge on any atom is -0.338 e. The molecular weight excluding hydrogens is 152 g/mol. The molecular formula is C9H20N2O. The van der Waals surface area contributed by atoms with Gasteiger partial charge in [0.25, 0.3) is 0 Å². The van der Waals surface area contributed by atoms with Crippen molar-refractivity contribution in [2.24, 2.45) is 5.41 Å².